The average Bonchev–Trinajstić information content (AvgIpc) is 2.54. The molecule has 8 heteroatoms. The van der Waals surface area contributed by atoms with Gasteiger partial charge >= 0.3 is 12.1 Å². The minimum Gasteiger partial charge on any atom is -0.383 e. The number of hydrogen-bond donors (Lipinski definition) is 1. The Bertz CT molecular complexity index is 565. The van der Waals surface area contributed by atoms with E-state index in [4.69, 9.17) is 4.74 Å². The van der Waals surface area contributed by atoms with Gasteiger partial charge in [0.2, 0.25) is 0 Å². The van der Waals surface area contributed by atoms with Gasteiger partial charge in [-0.15, -0.1) is 0 Å². The van der Waals surface area contributed by atoms with Gasteiger partial charge in [-0.2, -0.15) is 13.2 Å². The van der Waals surface area contributed by atoms with E-state index in [9.17, 15) is 22.4 Å². The highest BCUT2D eigenvalue weighted by Gasteiger charge is 2.45. The van der Waals surface area contributed by atoms with Crippen molar-refractivity contribution in [3.05, 3.63) is 35.6 Å². The molecule has 1 aliphatic rings. The van der Waals surface area contributed by atoms with Crippen molar-refractivity contribution in [1.82, 2.24) is 10.2 Å². The Hall–Kier alpha value is -1.67. The summed E-state index contributed by atoms with van der Waals surface area (Å²) in [4.78, 5) is 12.6. The van der Waals surface area contributed by atoms with Gasteiger partial charge in [0.1, 0.15) is 5.82 Å². The fourth-order valence-electron chi connectivity index (χ4n) is 2.96. The van der Waals surface area contributed by atoms with E-state index < -0.39 is 23.9 Å². The fourth-order valence-corrected chi connectivity index (χ4v) is 2.96. The molecule has 24 heavy (non-hydrogen) atoms. The first-order valence-electron chi connectivity index (χ1n) is 7.68. The minimum absolute atomic E-state index is 0.0242. The Morgan fingerprint density at radius 1 is 1.42 bits per heavy atom. The molecule has 0 aromatic heterocycles. The molecule has 1 heterocycles. The first-order valence-corrected chi connectivity index (χ1v) is 7.68. The first-order chi connectivity index (χ1) is 11.3. The van der Waals surface area contributed by atoms with Crippen molar-refractivity contribution in [2.45, 2.75) is 31.1 Å². The highest BCUT2D eigenvalue weighted by molar-refractivity contribution is 5.82. The van der Waals surface area contributed by atoms with Gasteiger partial charge in [-0.3, -0.25) is 4.79 Å². The summed E-state index contributed by atoms with van der Waals surface area (Å²) < 4.78 is 56.8. The minimum atomic E-state index is -4.92. The fraction of sp³-hybridized carbons (Fsp3) is 0.562. The van der Waals surface area contributed by atoms with Crippen LogP contribution < -0.4 is 5.32 Å². The summed E-state index contributed by atoms with van der Waals surface area (Å²) in [6.45, 7) is 0.340. The number of piperidine rings is 1. The Morgan fingerprint density at radius 3 is 2.79 bits per heavy atom. The van der Waals surface area contributed by atoms with Crippen LogP contribution in [0.2, 0.25) is 0 Å². The number of ether oxygens (including phenoxy) is 1. The maximum Gasteiger partial charge on any atom is 0.471 e. The highest BCUT2D eigenvalue weighted by atomic mass is 19.4. The Labute approximate surface area is 137 Å². The summed E-state index contributed by atoms with van der Waals surface area (Å²) in [5.74, 6) is -2.26. The molecule has 0 bridgehead atoms. The molecule has 1 aliphatic heterocycles. The predicted molar refractivity (Wildman–Crippen MR) is 79.8 cm³/mol. The molecule has 0 unspecified atom stereocenters. The van der Waals surface area contributed by atoms with Crippen LogP contribution in [0.15, 0.2) is 24.3 Å². The third kappa shape index (κ3) is 4.67. The molecule has 134 valence electrons. The molecular weight excluding hydrogens is 328 g/mol. The Kier molecular flexibility index (Phi) is 6.17. The molecule has 0 saturated carbocycles. The lowest BCUT2D eigenvalue weighted by Gasteiger charge is -2.38. The maximum atomic E-state index is 13.4. The van der Waals surface area contributed by atoms with Crippen molar-refractivity contribution < 1.29 is 27.1 Å². The van der Waals surface area contributed by atoms with Gasteiger partial charge in [0.05, 0.1) is 6.61 Å². The van der Waals surface area contributed by atoms with Gasteiger partial charge in [-0.25, -0.2) is 4.39 Å². The monoisotopic (exact) mass is 348 g/mol. The number of halogens is 4. The average molecular weight is 348 g/mol. The number of alkyl halides is 3. The largest absolute Gasteiger partial charge is 0.471 e. The number of nitrogens with zero attached hydrogens (tertiary/aromatic N) is 1. The van der Waals surface area contributed by atoms with Crippen molar-refractivity contribution in [2.75, 3.05) is 26.8 Å². The lowest BCUT2D eigenvalue weighted by Crippen LogP contribution is -2.52. The van der Waals surface area contributed by atoms with Crippen LogP contribution in [0, 0.1) is 5.82 Å². The van der Waals surface area contributed by atoms with E-state index in [1.165, 1.54) is 19.2 Å². The second kappa shape index (κ2) is 7.94. The zero-order chi connectivity index (χ0) is 17.7. The summed E-state index contributed by atoms with van der Waals surface area (Å²) in [7, 11) is 1.37. The number of methoxy groups -OCH3 is 1. The zero-order valence-corrected chi connectivity index (χ0v) is 13.3. The molecule has 1 fully saturated rings. The van der Waals surface area contributed by atoms with E-state index in [0.717, 1.165) is 4.90 Å². The van der Waals surface area contributed by atoms with Crippen LogP contribution in [0.1, 0.15) is 24.4 Å². The number of benzene rings is 1. The van der Waals surface area contributed by atoms with E-state index >= 15 is 0 Å². The normalized spacial score (nSPS) is 21.5. The topological polar surface area (TPSA) is 41.6 Å². The van der Waals surface area contributed by atoms with Crippen molar-refractivity contribution in [3.63, 3.8) is 0 Å². The summed E-state index contributed by atoms with van der Waals surface area (Å²) in [6, 6.07) is 5.05. The van der Waals surface area contributed by atoms with Crippen LogP contribution in [0.5, 0.6) is 0 Å². The Balaban J connectivity index is 2.15. The summed E-state index contributed by atoms with van der Waals surface area (Å²) in [6.07, 6.45) is -4.24. The van der Waals surface area contributed by atoms with Crippen molar-refractivity contribution in [2.24, 2.45) is 0 Å². The molecule has 2 rings (SSSR count). The van der Waals surface area contributed by atoms with E-state index in [2.05, 4.69) is 5.32 Å². The van der Waals surface area contributed by atoms with E-state index in [1.54, 1.807) is 12.1 Å². The van der Waals surface area contributed by atoms with Crippen LogP contribution in [0.4, 0.5) is 17.6 Å². The third-order valence-corrected chi connectivity index (χ3v) is 4.11. The van der Waals surface area contributed by atoms with Gasteiger partial charge in [0.25, 0.3) is 0 Å². The second-order valence-electron chi connectivity index (χ2n) is 5.73. The van der Waals surface area contributed by atoms with Gasteiger partial charge in [0, 0.05) is 25.7 Å². The van der Waals surface area contributed by atoms with E-state index in [1.807, 2.05) is 0 Å². The van der Waals surface area contributed by atoms with Gasteiger partial charge in [0.15, 0.2) is 0 Å². The van der Waals surface area contributed by atoms with Gasteiger partial charge in [-0.05, 0) is 37.1 Å². The van der Waals surface area contributed by atoms with Crippen LogP contribution in [0.3, 0.4) is 0 Å². The lowest BCUT2D eigenvalue weighted by molar-refractivity contribution is -0.189. The highest BCUT2D eigenvalue weighted by Crippen LogP contribution is 2.29. The summed E-state index contributed by atoms with van der Waals surface area (Å²) in [5.41, 5.74) is 0.658. The smallest absolute Gasteiger partial charge is 0.383 e. The predicted octanol–water partition coefficient (Wildman–Crippen LogP) is 2.66. The molecule has 1 aromatic carbocycles. The third-order valence-electron chi connectivity index (χ3n) is 4.11. The number of nitrogens with one attached hydrogen (secondary N) is 1. The molecule has 0 spiro atoms. The van der Waals surface area contributed by atoms with Crippen LogP contribution in [-0.2, 0) is 9.53 Å². The lowest BCUT2D eigenvalue weighted by atomic mass is 9.92. The van der Waals surface area contributed by atoms with E-state index in [-0.39, 0.29) is 25.6 Å². The van der Waals surface area contributed by atoms with Crippen molar-refractivity contribution in [1.29, 1.82) is 0 Å². The maximum absolute atomic E-state index is 13.4. The molecule has 0 aliphatic carbocycles. The quantitative estimate of drug-likeness (QED) is 0.832. The standard InChI is InChI=1S/C16H20F4N2O2/c1-24-8-7-22(15(23)16(18,19)20)13-5-6-21-14(10-13)11-3-2-4-12(17)9-11/h2-4,9,13-14,21H,5-8,10H2,1H3/t13-,14+/m1/s1. The van der Waals surface area contributed by atoms with E-state index in [0.29, 0.717) is 18.5 Å². The number of rotatable bonds is 5. The molecule has 1 amide bonds. The van der Waals surface area contributed by atoms with Crippen molar-refractivity contribution >= 4 is 5.91 Å². The molecule has 0 radical (unpaired) electrons. The Morgan fingerprint density at radius 2 is 2.17 bits per heavy atom. The van der Waals surface area contributed by atoms with Crippen LogP contribution in [0.25, 0.3) is 0 Å². The first kappa shape index (κ1) is 18.7. The SMILES string of the molecule is COCCN(C(=O)C(F)(F)F)[C@@H]1CCN[C@H](c2cccc(F)c2)C1. The summed E-state index contributed by atoms with van der Waals surface area (Å²) >= 11 is 0. The number of hydrogen-bond acceptors (Lipinski definition) is 3. The van der Waals surface area contributed by atoms with Crippen molar-refractivity contribution in [3.8, 4) is 0 Å². The van der Waals surface area contributed by atoms with Gasteiger partial charge in [-0.1, -0.05) is 12.1 Å². The summed E-state index contributed by atoms with van der Waals surface area (Å²) in [5, 5.41) is 3.16. The molecule has 1 N–H and O–H groups in total. The molecule has 4 nitrogen and oxygen atoms in total. The molecule has 1 aromatic rings. The van der Waals surface area contributed by atoms with Gasteiger partial charge < -0.3 is 15.0 Å². The number of carbonyl (C=O) groups excluding carboxylic acids is 1. The molecule has 2 atom stereocenters. The van der Waals surface area contributed by atoms with Crippen LogP contribution >= 0.6 is 0 Å². The molecular formula is C16H20F4N2O2. The number of amides is 1. The second-order valence-corrected chi connectivity index (χ2v) is 5.73. The number of carbonyl (C=O) groups is 1. The molecule has 1 saturated heterocycles. The van der Waals surface area contributed by atoms with Crippen LogP contribution in [-0.4, -0.2) is 49.8 Å². The zero-order valence-electron chi connectivity index (χ0n) is 13.3.